The first kappa shape index (κ1) is 10.1. The predicted molar refractivity (Wildman–Crippen MR) is 58.5 cm³/mol. The van der Waals surface area contributed by atoms with E-state index in [0.29, 0.717) is 5.92 Å². The molecule has 2 rings (SSSR count). The minimum absolute atomic E-state index is 0.158. The molecule has 3 nitrogen and oxygen atoms in total. The number of nitrogens with zero attached hydrogens (tertiary/aromatic N) is 1. The fourth-order valence-corrected chi connectivity index (χ4v) is 2.87. The highest BCUT2D eigenvalue weighted by Crippen LogP contribution is 2.31. The lowest BCUT2D eigenvalue weighted by atomic mass is 10.1. The molecule has 1 aromatic rings. The van der Waals surface area contributed by atoms with Crippen molar-refractivity contribution in [2.45, 2.75) is 31.7 Å². The van der Waals surface area contributed by atoms with E-state index < -0.39 is 0 Å². The summed E-state index contributed by atoms with van der Waals surface area (Å²) in [5, 5.41) is 0. The number of hydrogen-bond donors (Lipinski definition) is 1. The van der Waals surface area contributed by atoms with Gasteiger partial charge in [-0.1, -0.05) is 0 Å². The van der Waals surface area contributed by atoms with Crippen LogP contribution in [0.1, 0.15) is 30.8 Å². The van der Waals surface area contributed by atoms with Gasteiger partial charge in [0.1, 0.15) is 6.26 Å². The SMILES string of the molecule is CC(N)Cc1coc(C2CCSC2)n1. The summed E-state index contributed by atoms with van der Waals surface area (Å²) in [5.74, 6) is 3.82. The highest BCUT2D eigenvalue weighted by Gasteiger charge is 2.22. The molecule has 0 amide bonds. The molecule has 0 aliphatic carbocycles. The van der Waals surface area contributed by atoms with Crippen LogP contribution in [-0.4, -0.2) is 22.5 Å². The Morgan fingerprint density at radius 2 is 2.64 bits per heavy atom. The number of thioether (sulfide) groups is 1. The summed E-state index contributed by atoms with van der Waals surface area (Å²) in [6.45, 7) is 1.99. The highest BCUT2D eigenvalue weighted by molar-refractivity contribution is 7.99. The zero-order valence-corrected chi connectivity index (χ0v) is 9.22. The molecular weight excluding hydrogens is 196 g/mol. The van der Waals surface area contributed by atoms with Crippen molar-refractivity contribution in [2.24, 2.45) is 5.73 Å². The molecule has 4 heteroatoms. The number of aromatic nitrogens is 1. The van der Waals surface area contributed by atoms with E-state index in [1.165, 1.54) is 12.2 Å². The van der Waals surface area contributed by atoms with Gasteiger partial charge in [-0.15, -0.1) is 0 Å². The maximum absolute atomic E-state index is 5.70. The predicted octanol–water partition coefficient (Wildman–Crippen LogP) is 1.78. The van der Waals surface area contributed by atoms with Crippen molar-refractivity contribution >= 4 is 11.8 Å². The molecule has 1 saturated heterocycles. The third kappa shape index (κ3) is 2.30. The lowest BCUT2D eigenvalue weighted by Crippen LogP contribution is -2.18. The van der Waals surface area contributed by atoms with Gasteiger partial charge < -0.3 is 10.2 Å². The van der Waals surface area contributed by atoms with Gasteiger partial charge in [-0.2, -0.15) is 11.8 Å². The first-order chi connectivity index (χ1) is 6.75. The highest BCUT2D eigenvalue weighted by atomic mass is 32.2. The van der Waals surface area contributed by atoms with Gasteiger partial charge in [-0.25, -0.2) is 4.98 Å². The van der Waals surface area contributed by atoms with Gasteiger partial charge >= 0.3 is 0 Å². The van der Waals surface area contributed by atoms with Crippen LogP contribution in [0.3, 0.4) is 0 Å². The largest absolute Gasteiger partial charge is 0.448 e. The van der Waals surface area contributed by atoms with Gasteiger partial charge in [0.05, 0.1) is 5.69 Å². The van der Waals surface area contributed by atoms with Crippen molar-refractivity contribution in [2.75, 3.05) is 11.5 Å². The summed E-state index contributed by atoms with van der Waals surface area (Å²) < 4.78 is 5.47. The monoisotopic (exact) mass is 212 g/mol. The van der Waals surface area contributed by atoms with Gasteiger partial charge in [0.2, 0.25) is 0 Å². The number of hydrogen-bond acceptors (Lipinski definition) is 4. The molecule has 1 aromatic heterocycles. The van der Waals surface area contributed by atoms with Crippen LogP contribution in [0.5, 0.6) is 0 Å². The van der Waals surface area contributed by atoms with Gasteiger partial charge in [0.15, 0.2) is 5.89 Å². The first-order valence-corrected chi connectivity index (χ1v) is 6.19. The molecule has 2 unspecified atom stereocenters. The van der Waals surface area contributed by atoms with Crippen LogP contribution in [0.4, 0.5) is 0 Å². The lowest BCUT2D eigenvalue weighted by molar-refractivity contribution is 0.461. The molecular formula is C10H16N2OS. The van der Waals surface area contributed by atoms with Crippen molar-refractivity contribution in [3.8, 4) is 0 Å². The second-order valence-electron chi connectivity index (χ2n) is 3.92. The van der Waals surface area contributed by atoms with Crippen molar-refractivity contribution in [1.82, 2.24) is 4.98 Å². The Bertz CT molecular complexity index is 292. The number of nitrogens with two attached hydrogens (primary N) is 1. The van der Waals surface area contributed by atoms with Crippen LogP contribution in [0.15, 0.2) is 10.7 Å². The smallest absolute Gasteiger partial charge is 0.198 e. The van der Waals surface area contributed by atoms with Crippen molar-refractivity contribution in [3.05, 3.63) is 17.8 Å². The fourth-order valence-electron chi connectivity index (χ4n) is 1.66. The summed E-state index contributed by atoms with van der Waals surface area (Å²) in [6, 6.07) is 0.158. The number of oxazole rings is 1. The van der Waals surface area contributed by atoms with Gasteiger partial charge in [-0.05, 0) is 19.1 Å². The molecule has 14 heavy (non-hydrogen) atoms. The molecule has 0 bridgehead atoms. The van der Waals surface area contributed by atoms with E-state index in [4.69, 9.17) is 10.2 Å². The Labute approximate surface area is 88.5 Å². The molecule has 2 atom stereocenters. The molecule has 0 saturated carbocycles. The zero-order chi connectivity index (χ0) is 9.97. The third-order valence-electron chi connectivity index (χ3n) is 2.38. The second-order valence-corrected chi connectivity index (χ2v) is 5.07. The van der Waals surface area contributed by atoms with E-state index in [-0.39, 0.29) is 6.04 Å². The first-order valence-electron chi connectivity index (χ1n) is 5.03. The summed E-state index contributed by atoms with van der Waals surface area (Å²) in [4.78, 5) is 4.47. The average molecular weight is 212 g/mol. The van der Waals surface area contributed by atoms with Crippen molar-refractivity contribution in [3.63, 3.8) is 0 Å². The minimum Gasteiger partial charge on any atom is -0.448 e. The molecule has 1 aliphatic heterocycles. The van der Waals surface area contributed by atoms with Crippen LogP contribution in [0.2, 0.25) is 0 Å². The van der Waals surface area contributed by atoms with E-state index in [1.807, 2.05) is 18.7 Å². The van der Waals surface area contributed by atoms with Crippen LogP contribution in [0.25, 0.3) is 0 Å². The topological polar surface area (TPSA) is 52.0 Å². The quantitative estimate of drug-likeness (QED) is 0.830. The molecule has 2 heterocycles. The third-order valence-corrected chi connectivity index (χ3v) is 3.54. The maximum Gasteiger partial charge on any atom is 0.198 e. The Kier molecular flexibility index (Phi) is 3.13. The number of rotatable bonds is 3. The van der Waals surface area contributed by atoms with Gasteiger partial charge in [-0.3, -0.25) is 0 Å². The molecule has 1 aliphatic rings. The molecule has 0 spiro atoms. The summed E-state index contributed by atoms with van der Waals surface area (Å²) in [6.07, 6.45) is 3.76. The zero-order valence-electron chi connectivity index (χ0n) is 8.40. The standard InChI is InChI=1S/C10H16N2OS/c1-7(11)4-9-5-13-10(12-9)8-2-3-14-6-8/h5,7-8H,2-4,6,11H2,1H3. The van der Waals surface area contributed by atoms with Crippen LogP contribution >= 0.6 is 11.8 Å². The molecule has 1 fully saturated rings. The second kappa shape index (κ2) is 4.36. The van der Waals surface area contributed by atoms with E-state index in [9.17, 15) is 0 Å². The fraction of sp³-hybridized carbons (Fsp3) is 0.700. The molecule has 78 valence electrons. The maximum atomic E-state index is 5.70. The van der Waals surface area contributed by atoms with E-state index in [0.717, 1.165) is 23.8 Å². The van der Waals surface area contributed by atoms with Crippen LogP contribution in [-0.2, 0) is 6.42 Å². The average Bonchev–Trinajstić information content (AvgIpc) is 2.69. The van der Waals surface area contributed by atoms with Crippen molar-refractivity contribution in [1.29, 1.82) is 0 Å². The Hall–Kier alpha value is -0.480. The van der Waals surface area contributed by atoms with Gasteiger partial charge in [0, 0.05) is 24.1 Å². The Morgan fingerprint density at radius 3 is 3.29 bits per heavy atom. The Balaban J connectivity index is 2.01. The van der Waals surface area contributed by atoms with Crippen LogP contribution in [0, 0.1) is 0 Å². The van der Waals surface area contributed by atoms with E-state index in [1.54, 1.807) is 6.26 Å². The minimum atomic E-state index is 0.158. The van der Waals surface area contributed by atoms with Crippen LogP contribution < -0.4 is 5.73 Å². The summed E-state index contributed by atoms with van der Waals surface area (Å²) in [5.41, 5.74) is 6.69. The van der Waals surface area contributed by atoms with E-state index >= 15 is 0 Å². The van der Waals surface area contributed by atoms with Gasteiger partial charge in [0.25, 0.3) is 0 Å². The normalized spacial score (nSPS) is 24.0. The molecule has 0 aromatic carbocycles. The molecule has 0 radical (unpaired) electrons. The summed E-state index contributed by atoms with van der Waals surface area (Å²) >= 11 is 1.98. The lowest BCUT2D eigenvalue weighted by Gasteiger charge is -2.01. The molecule has 2 N–H and O–H groups in total. The van der Waals surface area contributed by atoms with E-state index in [2.05, 4.69) is 4.98 Å². The summed E-state index contributed by atoms with van der Waals surface area (Å²) in [7, 11) is 0. The Morgan fingerprint density at radius 1 is 1.79 bits per heavy atom. The van der Waals surface area contributed by atoms with Crippen molar-refractivity contribution < 1.29 is 4.42 Å².